The van der Waals surface area contributed by atoms with Crippen molar-refractivity contribution in [3.8, 4) is 0 Å². The van der Waals surface area contributed by atoms with E-state index in [0.29, 0.717) is 31.9 Å². The maximum absolute atomic E-state index is 13.8. The van der Waals surface area contributed by atoms with Crippen LogP contribution in [0, 0.1) is 5.82 Å². The molecule has 1 heterocycles. The minimum Gasteiger partial charge on any atom is -0.444 e. The van der Waals surface area contributed by atoms with Crippen molar-refractivity contribution in [1.82, 2.24) is 4.90 Å². The quantitative estimate of drug-likeness (QED) is 0.565. The molecular formula is C21H19ClFNO4. The van der Waals surface area contributed by atoms with Crippen LogP contribution < -0.4 is 0 Å². The fourth-order valence-corrected chi connectivity index (χ4v) is 3.04. The van der Waals surface area contributed by atoms with E-state index in [1.54, 1.807) is 29.2 Å². The molecule has 0 bridgehead atoms. The number of esters is 1. The molecule has 1 aliphatic rings. The number of ether oxygens (including phenoxy) is 2. The number of halogens is 2. The summed E-state index contributed by atoms with van der Waals surface area (Å²) in [6.07, 6.45) is 1.21. The standard InChI is InChI=1S/C21H19ClFNO4/c22-17-7-4-8-18(23)16(17)9-10-19(25)28-20(15-5-2-1-3-6-15)21(26)24-11-13-27-14-12-24/h1-10,20H,11-14H2. The summed E-state index contributed by atoms with van der Waals surface area (Å²) in [4.78, 5) is 26.8. The Bertz CT molecular complexity index is 846. The molecule has 1 fully saturated rings. The number of rotatable bonds is 5. The van der Waals surface area contributed by atoms with Gasteiger partial charge in [-0.3, -0.25) is 4.79 Å². The Morgan fingerprint density at radius 2 is 1.82 bits per heavy atom. The van der Waals surface area contributed by atoms with Crippen LogP contribution in [0.5, 0.6) is 0 Å². The zero-order chi connectivity index (χ0) is 19.9. The Labute approximate surface area is 167 Å². The molecule has 146 valence electrons. The van der Waals surface area contributed by atoms with Gasteiger partial charge in [0.1, 0.15) is 5.82 Å². The summed E-state index contributed by atoms with van der Waals surface area (Å²) in [6.45, 7) is 1.74. The molecule has 5 nitrogen and oxygen atoms in total. The number of carbonyl (C=O) groups is 2. The molecular weight excluding hydrogens is 385 g/mol. The third kappa shape index (κ3) is 4.97. The largest absolute Gasteiger partial charge is 0.444 e. The molecule has 1 amide bonds. The van der Waals surface area contributed by atoms with Crippen LogP contribution in [-0.4, -0.2) is 43.1 Å². The molecule has 1 unspecified atom stereocenters. The average molecular weight is 404 g/mol. The van der Waals surface area contributed by atoms with Gasteiger partial charge in [-0.1, -0.05) is 48.0 Å². The molecule has 2 aromatic rings. The van der Waals surface area contributed by atoms with Crippen molar-refractivity contribution in [1.29, 1.82) is 0 Å². The molecule has 28 heavy (non-hydrogen) atoms. The molecule has 0 spiro atoms. The molecule has 0 N–H and O–H groups in total. The van der Waals surface area contributed by atoms with Crippen molar-refractivity contribution in [2.45, 2.75) is 6.10 Å². The van der Waals surface area contributed by atoms with Crippen molar-refractivity contribution >= 4 is 29.6 Å². The highest BCUT2D eigenvalue weighted by Gasteiger charge is 2.30. The van der Waals surface area contributed by atoms with Gasteiger partial charge in [-0.05, 0) is 18.2 Å². The van der Waals surface area contributed by atoms with Crippen molar-refractivity contribution in [2.24, 2.45) is 0 Å². The van der Waals surface area contributed by atoms with Crippen LogP contribution in [0.4, 0.5) is 4.39 Å². The Morgan fingerprint density at radius 1 is 1.11 bits per heavy atom. The molecule has 7 heteroatoms. The molecule has 0 aliphatic carbocycles. The van der Waals surface area contributed by atoms with Gasteiger partial charge in [-0.25, -0.2) is 9.18 Å². The number of carbonyl (C=O) groups excluding carboxylic acids is 2. The lowest BCUT2D eigenvalue weighted by atomic mass is 10.1. The second-order valence-corrected chi connectivity index (χ2v) is 6.54. The van der Waals surface area contributed by atoms with Gasteiger partial charge in [0.15, 0.2) is 0 Å². The molecule has 1 atom stereocenters. The predicted molar refractivity (Wildman–Crippen MR) is 103 cm³/mol. The van der Waals surface area contributed by atoms with Gasteiger partial charge in [0.05, 0.1) is 18.2 Å². The van der Waals surface area contributed by atoms with Crippen LogP contribution in [0.3, 0.4) is 0 Å². The Balaban J connectivity index is 1.78. The van der Waals surface area contributed by atoms with Crippen LogP contribution in [0.15, 0.2) is 54.6 Å². The van der Waals surface area contributed by atoms with Crippen molar-refractivity contribution in [2.75, 3.05) is 26.3 Å². The van der Waals surface area contributed by atoms with Crippen LogP contribution in [0.2, 0.25) is 5.02 Å². The molecule has 1 saturated heterocycles. The lowest BCUT2D eigenvalue weighted by Crippen LogP contribution is -2.44. The van der Waals surface area contributed by atoms with E-state index >= 15 is 0 Å². The van der Waals surface area contributed by atoms with E-state index in [0.717, 1.165) is 6.08 Å². The zero-order valence-corrected chi connectivity index (χ0v) is 15.8. The van der Waals surface area contributed by atoms with Crippen molar-refractivity contribution in [3.63, 3.8) is 0 Å². The highest BCUT2D eigenvalue weighted by molar-refractivity contribution is 6.32. The lowest BCUT2D eigenvalue weighted by Gasteiger charge is -2.30. The number of nitrogens with zero attached hydrogens (tertiary/aromatic N) is 1. The second-order valence-electron chi connectivity index (χ2n) is 6.13. The third-order valence-electron chi connectivity index (χ3n) is 4.27. The van der Waals surface area contributed by atoms with E-state index in [9.17, 15) is 14.0 Å². The summed E-state index contributed by atoms with van der Waals surface area (Å²) in [5.41, 5.74) is 0.640. The van der Waals surface area contributed by atoms with E-state index in [2.05, 4.69) is 0 Å². The smallest absolute Gasteiger partial charge is 0.331 e. The predicted octanol–water partition coefficient (Wildman–Crippen LogP) is 3.64. The summed E-state index contributed by atoms with van der Waals surface area (Å²) in [5, 5.41) is 0.174. The molecule has 1 aliphatic heterocycles. The zero-order valence-electron chi connectivity index (χ0n) is 15.0. The van der Waals surface area contributed by atoms with Gasteiger partial charge < -0.3 is 14.4 Å². The number of morpholine rings is 1. The third-order valence-corrected chi connectivity index (χ3v) is 4.60. The molecule has 0 saturated carbocycles. The summed E-state index contributed by atoms with van der Waals surface area (Å²) >= 11 is 5.95. The molecule has 0 radical (unpaired) electrons. The van der Waals surface area contributed by atoms with Gasteiger partial charge in [0, 0.05) is 30.3 Å². The molecule has 3 rings (SSSR count). The van der Waals surface area contributed by atoms with Gasteiger partial charge in [0.25, 0.3) is 5.91 Å². The van der Waals surface area contributed by atoms with E-state index in [4.69, 9.17) is 21.1 Å². The Hall–Kier alpha value is -2.70. The first-order chi connectivity index (χ1) is 13.6. The fraction of sp³-hybridized carbons (Fsp3) is 0.238. The first-order valence-corrected chi connectivity index (χ1v) is 9.18. The van der Waals surface area contributed by atoms with Crippen LogP contribution >= 0.6 is 11.6 Å². The monoisotopic (exact) mass is 403 g/mol. The topological polar surface area (TPSA) is 55.8 Å². The lowest BCUT2D eigenvalue weighted by molar-refractivity contribution is -0.159. The van der Waals surface area contributed by atoms with E-state index in [1.165, 1.54) is 24.3 Å². The number of hydrogen-bond donors (Lipinski definition) is 0. The number of benzene rings is 2. The highest BCUT2D eigenvalue weighted by Crippen LogP contribution is 2.23. The fourth-order valence-electron chi connectivity index (χ4n) is 2.82. The highest BCUT2D eigenvalue weighted by atomic mass is 35.5. The maximum Gasteiger partial charge on any atom is 0.331 e. The summed E-state index contributed by atoms with van der Waals surface area (Å²) in [6, 6.07) is 13.0. The minimum absolute atomic E-state index is 0.0804. The summed E-state index contributed by atoms with van der Waals surface area (Å²) < 4.78 is 24.5. The van der Waals surface area contributed by atoms with Gasteiger partial charge in [-0.15, -0.1) is 0 Å². The number of amides is 1. The van der Waals surface area contributed by atoms with Crippen LogP contribution in [-0.2, 0) is 19.1 Å². The minimum atomic E-state index is -1.09. The molecule has 0 aromatic heterocycles. The summed E-state index contributed by atoms with van der Waals surface area (Å²) in [7, 11) is 0. The normalized spacial score (nSPS) is 15.4. The van der Waals surface area contributed by atoms with E-state index < -0.39 is 17.9 Å². The molecule has 2 aromatic carbocycles. The van der Waals surface area contributed by atoms with E-state index in [-0.39, 0.29) is 16.5 Å². The van der Waals surface area contributed by atoms with Gasteiger partial charge in [-0.2, -0.15) is 0 Å². The van der Waals surface area contributed by atoms with Gasteiger partial charge >= 0.3 is 5.97 Å². The Morgan fingerprint density at radius 3 is 2.50 bits per heavy atom. The first-order valence-electron chi connectivity index (χ1n) is 8.80. The van der Waals surface area contributed by atoms with Crippen LogP contribution in [0.1, 0.15) is 17.2 Å². The van der Waals surface area contributed by atoms with Crippen molar-refractivity contribution in [3.05, 3.63) is 76.6 Å². The van der Waals surface area contributed by atoms with Crippen LogP contribution in [0.25, 0.3) is 6.08 Å². The maximum atomic E-state index is 13.8. The second kappa shape index (κ2) is 9.48. The average Bonchev–Trinajstić information content (AvgIpc) is 2.72. The van der Waals surface area contributed by atoms with Crippen molar-refractivity contribution < 1.29 is 23.5 Å². The first kappa shape index (κ1) is 20.0. The summed E-state index contributed by atoms with van der Waals surface area (Å²) in [5.74, 6) is -1.64. The SMILES string of the molecule is O=C(C=Cc1c(F)cccc1Cl)OC(C(=O)N1CCOCC1)c1ccccc1. The van der Waals surface area contributed by atoms with Gasteiger partial charge in [0.2, 0.25) is 6.10 Å². The van der Waals surface area contributed by atoms with E-state index in [1.807, 2.05) is 6.07 Å². The Kier molecular flexibility index (Phi) is 6.79. The number of hydrogen-bond acceptors (Lipinski definition) is 4.